The molecule has 1 aliphatic heterocycles. The summed E-state index contributed by atoms with van der Waals surface area (Å²) in [6, 6.07) is 4.12. The van der Waals surface area contributed by atoms with Gasteiger partial charge in [0.05, 0.1) is 21.7 Å². The van der Waals surface area contributed by atoms with E-state index in [-0.39, 0.29) is 24.1 Å². The van der Waals surface area contributed by atoms with Crippen molar-refractivity contribution in [3.63, 3.8) is 0 Å². The zero-order chi connectivity index (χ0) is 21.0. The van der Waals surface area contributed by atoms with Gasteiger partial charge in [-0.1, -0.05) is 6.92 Å². The lowest BCUT2D eigenvalue weighted by atomic mass is 10.1. The quantitative estimate of drug-likeness (QED) is 0.352. The van der Waals surface area contributed by atoms with E-state index in [9.17, 15) is 4.79 Å². The second kappa shape index (κ2) is 10.0. The van der Waals surface area contributed by atoms with Crippen LogP contribution < -0.4 is 9.47 Å². The minimum absolute atomic E-state index is 0.00620. The first-order chi connectivity index (χ1) is 13.2. The summed E-state index contributed by atoms with van der Waals surface area (Å²) in [6.07, 6.45) is 2.93. The molecular weight excluding hydrogens is 487 g/mol. The number of benzene rings is 1. The molecule has 0 bridgehead atoms. The van der Waals surface area contributed by atoms with Crippen LogP contribution in [0.3, 0.4) is 0 Å². The maximum Gasteiger partial charge on any atom is 0.266 e. The lowest BCUT2D eigenvalue weighted by Gasteiger charge is -2.20. The Morgan fingerprint density at radius 2 is 1.93 bits per heavy atom. The molecule has 1 amide bonds. The van der Waals surface area contributed by atoms with Crippen molar-refractivity contribution < 1.29 is 14.3 Å². The molecule has 1 fully saturated rings. The molecule has 28 heavy (non-hydrogen) atoms. The molecule has 5 nitrogen and oxygen atoms in total. The maximum atomic E-state index is 12.9. The van der Waals surface area contributed by atoms with Gasteiger partial charge in [0, 0.05) is 12.1 Å². The summed E-state index contributed by atoms with van der Waals surface area (Å²) in [6.45, 7) is 12.2. The van der Waals surface area contributed by atoms with Gasteiger partial charge in [-0.05, 0) is 99.2 Å². The van der Waals surface area contributed by atoms with Gasteiger partial charge in [0.2, 0.25) is 0 Å². The zero-order valence-electron chi connectivity index (χ0n) is 17.6. The fraction of sp³-hybridized carbons (Fsp3) is 0.524. The largest absolute Gasteiger partial charge is 0.493 e. The molecule has 1 aromatic rings. The van der Waals surface area contributed by atoms with E-state index in [4.69, 9.17) is 9.47 Å². The summed E-state index contributed by atoms with van der Waals surface area (Å²) in [4.78, 5) is 20.0. The van der Waals surface area contributed by atoms with Crippen LogP contribution in [0.1, 0.15) is 53.5 Å². The Morgan fingerprint density at radius 1 is 1.25 bits per heavy atom. The van der Waals surface area contributed by atoms with E-state index in [1.54, 1.807) is 12.0 Å². The van der Waals surface area contributed by atoms with Crippen LogP contribution in [0.2, 0.25) is 0 Å². The topological polar surface area (TPSA) is 51.1 Å². The number of hydrogen-bond acceptors (Lipinski definition) is 5. The number of carbonyl (C=O) groups excluding carboxylic acids is 1. The molecule has 7 heteroatoms. The first-order valence-electron chi connectivity index (χ1n) is 9.52. The highest BCUT2D eigenvalue weighted by Gasteiger charge is 2.35. The highest BCUT2D eigenvalue weighted by Crippen LogP contribution is 2.38. The molecule has 0 spiro atoms. The van der Waals surface area contributed by atoms with Gasteiger partial charge in [0.25, 0.3) is 5.91 Å². The van der Waals surface area contributed by atoms with Gasteiger partial charge in [0.15, 0.2) is 16.7 Å². The highest BCUT2D eigenvalue weighted by molar-refractivity contribution is 14.1. The minimum Gasteiger partial charge on any atom is -0.493 e. The average molecular weight is 516 g/mol. The number of hydrogen-bond donors (Lipinski definition) is 0. The Kier molecular flexibility index (Phi) is 8.24. The summed E-state index contributed by atoms with van der Waals surface area (Å²) in [5.41, 5.74) is 0.906. The Labute approximate surface area is 186 Å². The van der Waals surface area contributed by atoms with Gasteiger partial charge in [0.1, 0.15) is 0 Å². The van der Waals surface area contributed by atoms with Crippen LogP contribution in [0.15, 0.2) is 22.0 Å². The summed E-state index contributed by atoms with van der Waals surface area (Å²) in [5, 5.41) is 0.764. The molecule has 2 rings (SSSR count). The van der Waals surface area contributed by atoms with Crippen molar-refractivity contribution in [2.75, 3.05) is 7.11 Å². The van der Waals surface area contributed by atoms with Crippen molar-refractivity contribution in [2.45, 2.75) is 66.2 Å². The standard InChI is InChI=1S/C21H29IN2O3S/c1-8-14(6)27-19-16(22)9-15(10-17(19)26-7)11-18-20(25)24(13(4)5)21(28-18)23-12(2)3/h9-14H,8H2,1-7H3/b18-11+,23-21?/t14-/m1/s1. The molecule has 0 N–H and O–H groups in total. The van der Waals surface area contributed by atoms with Crippen LogP contribution in [-0.2, 0) is 4.79 Å². The molecule has 1 atom stereocenters. The van der Waals surface area contributed by atoms with Crippen LogP contribution in [0.5, 0.6) is 11.5 Å². The number of rotatable bonds is 7. The Bertz CT molecular complexity index is 790. The third-order valence-electron chi connectivity index (χ3n) is 4.17. The van der Waals surface area contributed by atoms with E-state index in [0.29, 0.717) is 10.7 Å². The lowest BCUT2D eigenvalue weighted by molar-refractivity contribution is -0.123. The Hall–Kier alpha value is -1.22. The SMILES string of the molecule is CC[C@@H](C)Oc1c(I)cc(/C=C2/SC(=NC(C)C)N(C(C)C)C2=O)cc1OC. The van der Waals surface area contributed by atoms with Crippen molar-refractivity contribution in [3.8, 4) is 11.5 Å². The van der Waals surface area contributed by atoms with Gasteiger partial charge in [-0.15, -0.1) is 0 Å². The summed E-state index contributed by atoms with van der Waals surface area (Å²) in [5.74, 6) is 1.41. The van der Waals surface area contributed by atoms with Crippen molar-refractivity contribution in [1.82, 2.24) is 4.90 Å². The van der Waals surface area contributed by atoms with Gasteiger partial charge >= 0.3 is 0 Å². The molecule has 0 unspecified atom stereocenters. The molecule has 0 aromatic heterocycles. The predicted molar refractivity (Wildman–Crippen MR) is 126 cm³/mol. The van der Waals surface area contributed by atoms with Crippen molar-refractivity contribution in [3.05, 3.63) is 26.2 Å². The second-order valence-corrected chi connectivity index (χ2v) is 9.43. The first kappa shape index (κ1) is 23.1. The van der Waals surface area contributed by atoms with E-state index in [0.717, 1.165) is 26.5 Å². The summed E-state index contributed by atoms with van der Waals surface area (Å²) < 4.78 is 12.5. The van der Waals surface area contributed by atoms with Gasteiger partial charge in [-0.25, -0.2) is 0 Å². The predicted octanol–water partition coefficient (Wildman–Crippen LogP) is 5.57. The Balaban J connectivity index is 2.42. The van der Waals surface area contributed by atoms with Crippen LogP contribution in [0.4, 0.5) is 0 Å². The normalized spacial score (nSPS) is 18.6. The van der Waals surface area contributed by atoms with E-state index < -0.39 is 0 Å². The molecule has 0 saturated carbocycles. The number of methoxy groups -OCH3 is 1. The van der Waals surface area contributed by atoms with E-state index in [2.05, 4.69) is 34.5 Å². The van der Waals surface area contributed by atoms with E-state index >= 15 is 0 Å². The summed E-state index contributed by atoms with van der Waals surface area (Å²) in [7, 11) is 1.63. The number of amides is 1. The molecule has 154 valence electrons. The highest BCUT2D eigenvalue weighted by atomic mass is 127. The molecular formula is C21H29IN2O3S. The number of halogens is 1. The molecule has 0 aliphatic carbocycles. The third-order valence-corrected chi connectivity index (χ3v) is 5.96. The smallest absolute Gasteiger partial charge is 0.266 e. The van der Waals surface area contributed by atoms with Crippen molar-refractivity contribution in [2.24, 2.45) is 4.99 Å². The molecule has 1 aromatic carbocycles. The van der Waals surface area contributed by atoms with E-state index in [1.807, 2.05) is 52.8 Å². The monoisotopic (exact) mass is 516 g/mol. The zero-order valence-corrected chi connectivity index (χ0v) is 20.6. The number of aliphatic imine (C=N–C) groups is 1. The van der Waals surface area contributed by atoms with E-state index in [1.165, 1.54) is 11.8 Å². The van der Waals surface area contributed by atoms with Gasteiger partial charge in [-0.2, -0.15) is 0 Å². The molecule has 1 aliphatic rings. The fourth-order valence-corrected chi connectivity index (χ4v) is 4.61. The first-order valence-corrected chi connectivity index (χ1v) is 11.4. The van der Waals surface area contributed by atoms with Crippen LogP contribution in [0, 0.1) is 3.57 Å². The van der Waals surface area contributed by atoms with Crippen LogP contribution in [-0.4, -0.2) is 41.3 Å². The average Bonchev–Trinajstić information content (AvgIpc) is 2.91. The Morgan fingerprint density at radius 3 is 2.46 bits per heavy atom. The molecule has 1 heterocycles. The maximum absolute atomic E-state index is 12.9. The molecule has 1 saturated heterocycles. The van der Waals surface area contributed by atoms with Gasteiger partial charge in [-0.3, -0.25) is 14.7 Å². The minimum atomic E-state index is -0.00620. The third kappa shape index (κ3) is 5.43. The molecule has 0 radical (unpaired) electrons. The number of nitrogens with zero attached hydrogens (tertiary/aromatic N) is 2. The number of thioether (sulfide) groups is 1. The summed E-state index contributed by atoms with van der Waals surface area (Å²) >= 11 is 3.68. The van der Waals surface area contributed by atoms with Crippen LogP contribution >= 0.6 is 34.4 Å². The number of amidine groups is 1. The van der Waals surface area contributed by atoms with Crippen LogP contribution in [0.25, 0.3) is 6.08 Å². The second-order valence-electron chi connectivity index (χ2n) is 7.26. The van der Waals surface area contributed by atoms with Crippen molar-refractivity contribution in [1.29, 1.82) is 0 Å². The fourth-order valence-electron chi connectivity index (χ4n) is 2.63. The lowest BCUT2D eigenvalue weighted by Crippen LogP contribution is -2.35. The number of ether oxygens (including phenoxy) is 2. The van der Waals surface area contributed by atoms with Crippen molar-refractivity contribution >= 4 is 51.5 Å². The van der Waals surface area contributed by atoms with Gasteiger partial charge < -0.3 is 9.47 Å². The number of carbonyl (C=O) groups is 1.